The van der Waals surface area contributed by atoms with Crippen molar-refractivity contribution in [1.29, 1.82) is 0 Å². The predicted molar refractivity (Wildman–Crippen MR) is 83.7 cm³/mol. The summed E-state index contributed by atoms with van der Waals surface area (Å²) in [6.45, 7) is 3.24. The van der Waals surface area contributed by atoms with Crippen molar-refractivity contribution in [3.63, 3.8) is 0 Å². The van der Waals surface area contributed by atoms with Crippen LogP contribution in [-0.2, 0) is 4.79 Å². The van der Waals surface area contributed by atoms with Crippen LogP contribution in [0.3, 0.4) is 0 Å². The van der Waals surface area contributed by atoms with Gasteiger partial charge < -0.3 is 16.4 Å². The van der Waals surface area contributed by atoms with Gasteiger partial charge in [-0.1, -0.05) is 30.7 Å². The molecule has 0 fully saturated rings. The number of nitrogens with two attached hydrogens (primary N) is 1. The van der Waals surface area contributed by atoms with Crippen LogP contribution in [0.15, 0.2) is 18.2 Å². The third-order valence-electron chi connectivity index (χ3n) is 2.49. The molecule has 0 aliphatic carbocycles. The molecule has 0 heterocycles. The Balaban J connectivity index is 2.53. The number of rotatable bonds is 7. The van der Waals surface area contributed by atoms with E-state index in [2.05, 4.69) is 10.6 Å². The van der Waals surface area contributed by atoms with E-state index in [0.29, 0.717) is 30.1 Å². The fraction of sp³-hybridized carbons (Fsp3) is 0.385. The van der Waals surface area contributed by atoms with E-state index >= 15 is 0 Å². The first kappa shape index (κ1) is 15.7. The zero-order valence-corrected chi connectivity index (χ0v) is 12.4. The highest BCUT2D eigenvalue weighted by molar-refractivity contribution is 7.80. The van der Waals surface area contributed by atoms with Crippen molar-refractivity contribution in [1.82, 2.24) is 5.32 Å². The third-order valence-corrected chi connectivity index (χ3v) is 2.94. The first-order valence-corrected chi connectivity index (χ1v) is 6.93. The molecule has 0 unspecified atom stereocenters. The van der Waals surface area contributed by atoms with E-state index in [1.165, 1.54) is 0 Å². The molecule has 0 saturated carbocycles. The van der Waals surface area contributed by atoms with Crippen molar-refractivity contribution < 1.29 is 4.79 Å². The van der Waals surface area contributed by atoms with Crippen LogP contribution >= 0.6 is 23.8 Å². The lowest BCUT2D eigenvalue weighted by molar-refractivity contribution is -0.120. The lowest BCUT2D eigenvalue weighted by Crippen LogP contribution is -2.26. The van der Waals surface area contributed by atoms with Crippen LogP contribution in [-0.4, -0.2) is 24.0 Å². The number of halogens is 1. The Morgan fingerprint density at radius 2 is 2.16 bits per heavy atom. The molecular formula is C13H18ClN3OS. The van der Waals surface area contributed by atoms with Gasteiger partial charge in [0.1, 0.15) is 4.99 Å². The molecule has 1 amide bonds. The molecule has 0 saturated heterocycles. The number of hydrogen-bond donors (Lipinski definition) is 3. The summed E-state index contributed by atoms with van der Waals surface area (Å²) in [7, 11) is 0. The van der Waals surface area contributed by atoms with Gasteiger partial charge in [0.05, 0.1) is 0 Å². The topological polar surface area (TPSA) is 67.2 Å². The molecule has 1 rings (SSSR count). The minimum absolute atomic E-state index is 0.0280. The van der Waals surface area contributed by atoms with E-state index in [1.54, 1.807) is 18.2 Å². The standard InChI is InChI=1S/C13H18ClN3OS/c1-2-6-17-12(18)5-7-16-11-4-3-9(14)8-10(11)13(15)19/h3-4,8,16H,2,5-7H2,1H3,(H2,15,19)(H,17,18). The average molecular weight is 300 g/mol. The zero-order chi connectivity index (χ0) is 14.3. The number of carbonyl (C=O) groups is 1. The summed E-state index contributed by atoms with van der Waals surface area (Å²) in [5.41, 5.74) is 7.12. The Bertz CT molecular complexity index is 465. The molecule has 0 aromatic heterocycles. The Morgan fingerprint density at radius 3 is 2.79 bits per heavy atom. The van der Waals surface area contributed by atoms with E-state index in [4.69, 9.17) is 29.6 Å². The second-order valence-corrected chi connectivity index (χ2v) is 4.96. The number of carbonyl (C=O) groups excluding carboxylic acids is 1. The van der Waals surface area contributed by atoms with E-state index in [9.17, 15) is 4.79 Å². The van der Waals surface area contributed by atoms with Crippen molar-refractivity contribution in [2.75, 3.05) is 18.4 Å². The second-order valence-electron chi connectivity index (χ2n) is 4.08. The largest absolute Gasteiger partial charge is 0.389 e. The molecule has 4 nitrogen and oxygen atoms in total. The normalized spacial score (nSPS) is 10.0. The third kappa shape index (κ3) is 5.44. The molecule has 1 aromatic rings. The van der Waals surface area contributed by atoms with Gasteiger partial charge in [-0.15, -0.1) is 0 Å². The van der Waals surface area contributed by atoms with Crippen molar-refractivity contribution >= 4 is 40.4 Å². The number of hydrogen-bond acceptors (Lipinski definition) is 3. The average Bonchev–Trinajstić information content (AvgIpc) is 2.37. The molecule has 4 N–H and O–H groups in total. The highest BCUT2D eigenvalue weighted by Crippen LogP contribution is 2.20. The van der Waals surface area contributed by atoms with Gasteiger partial charge in [0.15, 0.2) is 0 Å². The lowest BCUT2D eigenvalue weighted by atomic mass is 10.1. The number of benzene rings is 1. The minimum atomic E-state index is 0.0280. The van der Waals surface area contributed by atoms with Crippen LogP contribution in [0.2, 0.25) is 5.02 Å². The minimum Gasteiger partial charge on any atom is -0.389 e. The quantitative estimate of drug-likeness (QED) is 0.676. The second kappa shape index (κ2) is 7.96. The number of anilines is 1. The van der Waals surface area contributed by atoms with Gasteiger partial charge in [-0.25, -0.2) is 0 Å². The van der Waals surface area contributed by atoms with Crippen LogP contribution in [0.25, 0.3) is 0 Å². The van der Waals surface area contributed by atoms with Crippen molar-refractivity contribution in [2.45, 2.75) is 19.8 Å². The molecule has 104 valence electrons. The van der Waals surface area contributed by atoms with Crippen molar-refractivity contribution in [2.24, 2.45) is 5.73 Å². The lowest BCUT2D eigenvalue weighted by Gasteiger charge is -2.11. The van der Waals surface area contributed by atoms with Gasteiger partial charge in [-0.2, -0.15) is 0 Å². The van der Waals surface area contributed by atoms with Gasteiger partial charge >= 0.3 is 0 Å². The molecule has 0 radical (unpaired) electrons. The zero-order valence-electron chi connectivity index (χ0n) is 10.8. The summed E-state index contributed by atoms with van der Waals surface area (Å²) in [4.78, 5) is 11.7. The van der Waals surface area contributed by atoms with Gasteiger partial charge in [-0.3, -0.25) is 4.79 Å². The molecule has 1 aromatic carbocycles. The summed E-state index contributed by atoms with van der Waals surface area (Å²) in [5, 5.41) is 6.53. The number of nitrogens with one attached hydrogen (secondary N) is 2. The van der Waals surface area contributed by atoms with Crippen LogP contribution in [0.1, 0.15) is 25.3 Å². The SMILES string of the molecule is CCCNC(=O)CCNc1ccc(Cl)cc1C(N)=S. The summed E-state index contributed by atoms with van der Waals surface area (Å²) < 4.78 is 0. The fourth-order valence-electron chi connectivity index (χ4n) is 1.54. The van der Waals surface area contributed by atoms with Gasteiger partial charge in [0.2, 0.25) is 5.91 Å². The highest BCUT2D eigenvalue weighted by atomic mass is 35.5. The number of amides is 1. The molecule has 0 aliphatic heterocycles. The molecular weight excluding hydrogens is 282 g/mol. The molecule has 19 heavy (non-hydrogen) atoms. The Hall–Kier alpha value is -1.33. The van der Waals surface area contributed by atoms with Crippen LogP contribution in [0.4, 0.5) is 5.69 Å². The maximum Gasteiger partial charge on any atom is 0.221 e. The fourth-order valence-corrected chi connectivity index (χ4v) is 1.88. The van der Waals surface area contributed by atoms with Crippen LogP contribution in [0.5, 0.6) is 0 Å². The predicted octanol–water partition coefficient (Wildman–Crippen LogP) is 2.30. The monoisotopic (exact) mass is 299 g/mol. The van der Waals surface area contributed by atoms with Crippen LogP contribution in [0, 0.1) is 0 Å². The van der Waals surface area contributed by atoms with Gasteiger partial charge in [0.25, 0.3) is 0 Å². The van der Waals surface area contributed by atoms with Crippen LogP contribution < -0.4 is 16.4 Å². The van der Waals surface area contributed by atoms with E-state index in [1.807, 2.05) is 6.92 Å². The van der Waals surface area contributed by atoms with Gasteiger partial charge in [0, 0.05) is 35.8 Å². The molecule has 6 heteroatoms. The maximum atomic E-state index is 11.4. The number of thiocarbonyl (C=S) groups is 1. The summed E-state index contributed by atoms with van der Waals surface area (Å²) in [6.07, 6.45) is 1.33. The van der Waals surface area contributed by atoms with E-state index < -0.39 is 0 Å². The first-order valence-electron chi connectivity index (χ1n) is 6.14. The van der Waals surface area contributed by atoms with Crippen molar-refractivity contribution in [3.8, 4) is 0 Å². The molecule has 0 atom stereocenters. The first-order chi connectivity index (χ1) is 9.04. The Morgan fingerprint density at radius 1 is 1.42 bits per heavy atom. The van der Waals surface area contributed by atoms with E-state index in [-0.39, 0.29) is 10.9 Å². The highest BCUT2D eigenvalue weighted by Gasteiger charge is 2.06. The molecule has 0 bridgehead atoms. The summed E-state index contributed by atoms with van der Waals surface area (Å²) in [5.74, 6) is 0.0280. The summed E-state index contributed by atoms with van der Waals surface area (Å²) >= 11 is 10.9. The Kier molecular flexibility index (Phi) is 6.59. The Labute approximate surface area is 123 Å². The molecule has 0 aliphatic rings. The van der Waals surface area contributed by atoms with Gasteiger partial charge in [-0.05, 0) is 24.6 Å². The van der Waals surface area contributed by atoms with Crippen molar-refractivity contribution in [3.05, 3.63) is 28.8 Å². The summed E-state index contributed by atoms with van der Waals surface area (Å²) in [6, 6.07) is 5.27. The van der Waals surface area contributed by atoms with E-state index in [0.717, 1.165) is 12.1 Å². The smallest absolute Gasteiger partial charge is 0.221 e. The maximum absolute atomic E-state index is 11.4. The molecule has 0 spiro atoms.